The summed E-state index contributed by atoms with van der Waals surface area (Å²) < 4.78 is 31.8. The van der Waals surface area contributed by atoms with Gasteiger partial charge < -0.3 is 4.74 Å². The standard InChI is InChI=1S/C26H33N3O4S2/c1-20-18-21(2)25-23(19-20)34-26(27-25)29(12-7-11-28-13-15-33-16-14-28)24(30)10-6-17-35(31,32)22-8-4-3-5-9-22/h3-5,8-9,18-19H,6-7,10-17H2,1-2H3. The number of hydrogen-bond donors (Lipinski definition) is 0. The number of benzene rings is 2. The third-order valence-corrected chi connectivity index (χ3v) is 9.06. The molecule has 1 amide bonds. The second-order valence-electron chi connectivity index (χ2n) is 9.01. The Morgan fingerprint density at radius 1 is 1.11 bits per heavy atom. The van der Waals surface area contributed by atoms with E-state index in [9.17, 15) is 13.2 Å². The minimum atomic E-state index is -3.41. The Morgan fingerprint density at radius 3 is 2.60 bits per heavy atom. The zero-order valence-corrected chi connectivity index (χ0v) is 22.0. The van der Waals surface area contributed by atoms with E-state index >= 15 is 0 Å². The lowest BCUT2D eigenvalue weighted by Gasteiger charge is -2.27. The molecule has 1 aromatic heterocycles. The molecule has 0 spiro atoms. The molecule has 1 fully saturated rings. The topological polar surface area (TPSA) is 79.8 Å². The maximum atomic E-state index is 13.3. The second-order valence-corrected chi connectivity index (χ2v) is 12.1. The van der Waals surface area contributed by atoms with Crippen LogP contribution >= 0.6 is 11.3 Å². The van der Waals surface area contributed by atoms with Gasteiger partial charge in [0.2, 0.25) is 5.91 Å². The number of thiazole rings is 1. The van der Waals surface area contributed by atoms with Gasteiger partial charge in [-0.15, -0.1) is 0 Å². The molecule has 9 heteroatoms. The van der Waals surface area contributed by atoms with Crippen LogP contribution in [0, 0.1) is 13.8 Å². The number of carbonyl (C=O) groups is 1. The molecule has 0 aliphatic carbocycles. The van der Waals surface area contributed by atoms with Crippen LogP contribution in [0.2, 0.25) is 0 Å². The van der Waals surface area contributed by atoms with Gasteiger partial charge in [0.25, 0.3) is 0 Å². The predicted octanol–water partition coefficient (Wildman–Crippen LogP) is 4.22. The number of nitrogens with zero attached hydrogens (tertiary/aromatic N) is 3. The van der Waals surface area contributed by atoms with E-state index in [1.54, 1.807) is 35.2 Å². The van der Waals surface area contributed by atoms with Crippen molar-refractivity contribution in [3.8, 4) is 0 Å². The van der Waals surface area contributed by atoms with Crippen molar-refractivity contribution in [3.63, 3.8) is 0 Å². The largest absolute Gasteiger partial charge is 0.379 e. The van der Waals surface area contributed by atoms with Crippen LogP contribution in [-0.2, 0) is 19.4 Å². The van der Waals surface area contributed by atoms with Gasteiger partial charge in [-0.25, -0.2) is 13.4 Å². The summed E-state index contributed by atoms with van der Waals surface area (Å²) in [4.78, 5) is 22.6. The van der Waals surface area contributed by atoms with E-state index in [0.29, 0.717) is 16.6 Å². The molecule has 188 valence electrons. The van der Waals surface area contributed by atoms with Crippen LogP contribution in [-0.4, -0.2) is 69.4 Å². The zero-order valence-electron chi connectivity index (χ0n) is 20.4. The summed E-state index contributed by atoms with van der Waals surface area (Å²) >= 11 is 1.53. The van der Waals surface area contributed by atoms with Crippen LogP contribution in [0.4, 0.5) is 5.13 Å². The predicted molar refractivity (Wildman–Crippen MR) is 141 cm³/mol. The van der Waals surface area contributed by atoms with Crippen molar-refractivity contribution >= 4 is 42.4 Å². The fourth-order valence-corrected chi connectivity index (χ4v) is 6.89. The number of carbonyl (C=O) groups excluding carboxylic acids is 1. The molecular formula is C26H33N3O4S2. The van der Waals surface area contributed by atoms with Crippen LogP contribution in [0.5, 0.6) is 0 Å². The Kier molecular flexibility index (Phi) is 8.54. The van der Waals surface area contributed by atoms with E-state index in [0.717, 1.165) is 55.0 Å². The lowest BCUT2D eigenvalue weighted by atomic mass is 10.1. The molecule has 2 aromatic carbocycles. The Hall–Kier alpha value is -2.33. The highest BCUT2D eigenvalue weighted by atomic mass is 32.2. The number of sulfone groups is 1. The fourth-order valence-electron chi connectivity index (χ4n) is 4.37. The number of morpholine rings is 1. The molecule has 1 aliphatic heterocycles. The molecule has 7 nitrogen and oxygen atoms in total. The molecular weight excluding hydrogens is 482 g/mol. The smallest absolute Gasteiger partial charge is 0.228 e. The van der Waals surface area contributed by atoms with Crippen LogP contribution in [0.3, 0.4) is 0 Å². The van der Waals surface area contributed by atoms with Gasteiger partial charge >= 0.3 is 0 Å². The van der Waals surface area contributed by atoms with Crippen molar-refractivity contribution in [3.05, 3.63) is 53.6 Å². The number of ether oxygens (including phenoxy) is 1. The average molecular weight is 516 g/mol. The minimum Gasteiger partial charge on any atom is -0.379 e. The summed E-state index contributed by atoms with van der Waals surface area (Å²) in [5.41, 5.74) is 3.19. The molecule has 1 saturated heterocycles. The summed E-state index contributed by atoms with van der Waals surface area (Å²) in [6.45, 7) is 8.85. The quantitative estimate of drug-likeness (QED) is 0.402. The van der Waals surface area contributed by atoms with E-state index < -0.39 is 9.84 Å². The van der Waals surface area contributed by atoms with Crippen molar-refractivity contribution < 1.29 is 17.9 Å². The molecule has 2 heterocycles. The van der Waals surface area contributed by atoms with Gasteiger partial charge in [0.15, 0.2) is 15.0 Å². The lowest BCUT2D eigenvalue weighted by Crippen LogP contribution is -2.39. The van der Waals surface area contributed by atoms with E-state index in [2.05, 4.69) is 24.0 Å². The molecule has 35 heavy (non-hydrogen) atoms. The van der Waals surface area contributed by atoms with E-state index in [1.165, 1.54) is 16.9 Å². The van der Waals surface area contributed by atoms with Crippen LogP contribution in [0.15, 0.2) is 47.4 Å². The highest BCUT2D eigenvalue weighted by Gasteiger charge is 2.22. The van der Waals surface area contributed by atoms with Gasteiger partial charge in [-0.1, -0.05) is 35.6 Å². The molecule has 3 aromatic rings. The maximum Gasteiger partial charge on any atom is 0.228 e. The third kappa shape index (κ3) is 6.67. The Balaban J connectivity index is 1.46. The minimum absolute atomic E-state index is 0.0531. The first-order valence-electron chi connectivity index (χ1n) is 12.1. The van der Waals surface area contributed by atoms with Crippen molar-refractivity contribution in [2.75, 3.05) is 50.0 Å². The number of hydrogen-bond acceptors (Lipinski definition) is 7. The van der Waals surface area contributed by atoms with Crippen LogP contribution < -0.4 is 4.90 Å². The number of anilines is 1. The Bertz CT molecular complexity index is 1250. The van der Waals surface area contributed by atoms with Gasteiger partial charge in [0.1, 0.15) is 0 Å². The fraction of sp³-hybridized carbons (Fsp3) is 0.462. The van der Waals surface area contributed by atoms with Gasteiger partial charge in [-0.3, -0.25) is 14.6 Å². The van der Waals surface area contributed by atoms with Crippen molar-refractivity contribution in [2.24, 2.45) is 0 Å². The Labute approximate surface area is 211 Å². The number of aryl methyl sites for hydroxylation is 2. The number of aromatic nitrogens is 1. The maximum absolute atomic E-state index is 13.3. The first-order chi connectivity index (χ1) is 16.8. The molecule has 0 radical (unpaired) electrons. The monoisotopic (exact) mass is 515 g/mol. The molecule has 0 bridgehead atoms. The van der Waals surface area contributed by atoms with Gasteiger partial charge in [-0.05, 0) is 56.0 Å². The summed E-state index contributed by atoms with van der Waals surface area (Å²) in [5, 5.41) is 0.687. The van der Waals surface area contributed by atoms with Gasteiger partial charge in [0, 0.05) is 32.6 Å². The SMILES string of the molecule is Cc1cc(C)c2nc(N(CCCN3CCOCC3)C(=O)CCCS(=O)(=O)c3ccccc3)sc2c1. The zero-order chi connectivity index (χ0) is 24.8. The summed E-state index contributed by atoms with van der Waals surface area (Å²) in [6, 6.07) is 12.6. The van der Waals surface area contributed by atoms with Crippen molar-refractivity contribution in [1.29, 1.82) is 0 Å². The number of fused-ring (bicyclic) bond motifs is 1. The molecule has 0 unspecified atom stereocenters. The van der Waals surface area contributed by atoms with Crippen molar-refractivity contribution in [2.45, 2.75) is 38.0 Å². The van der Waals surface area contributed by atoms with Crippen LogP contribution in [0.25, 0.3) is 10.2 Å². The van der Waals surface area contributed by atoms with E-state index in [4.69, 9.17) is 9.72 Å². The van der Waals surface area contributed by atoms with Crippen molar-refractivity contribution in [1.82, 2.24) is 9.88 Å². The van der Waals surface area contributed by atoms with E-state index in [-0.39, 0.29) is 24.5 Å². The summed E-state index contributed by atoms with van der Waals surface area (Å²) in [5.74, 6) is -0.133. The third-order valence-electron chi connectivity index (χ3n) is 6.22. The van der Waals surface area contributed by atoms with E-state index in [1.807, 2.05) is 6.92 Å². The highest BCUT2D eigenvalue weighted by molar-refractivity contribution is 7.91. The second kappa shape index (κ2) is 11.6. The number of rotatable bonds is 10. The van der Waals surface area contributed by atoms with Gasteiger partial charge in [-0.2, -0.15) is 0 Å². The van der Waals surface area contributed by atoms with Crippen LogP contribution in [0.1, 0.15) is 30.4 Å². The molecule has 0 N–H and O–H groups in total. The molecule has 4 rings (SSSR count). The highest BCUT2D eigenvalue weighted by Crippen LogP contribution is 2.32. The molecule has 1 aliphatic rings. The lowest BCUT2D eigenvalue weighted by molar-refractivity contribution is -0.118. The summed E-state index contributed by atoms with van der Waals surface area (Å²) in [6.07, 6.45) is 1.26. The Morgan fingerprint density at radius 2 is 1.86 bits per heavy atom. The average Bonchev–Trinajstić information content (AvgIpc) is 3.27. The normalized spacial score (nSPS) is 14.9. The first kappa shape index (κ1) is 25.8. The summed E-state index contributed by atoms with van der Waals surface area (Å²) in [7, 11) is -3.41. The number of amides is 1. The molecule has 0 saturated carbocycles. The van der Waals surface area contributed by atoms with Gasteiger partial charge in [0.05, 0.1) is 34.1 Å². The first-order valence-corrected chi connectivity index (χ1v) is 14.6. The molecule has 0 atom stereocenters.